The van der Waals surface area contributed by atoms with E-state index >= 15 is 0 Å². The Morgan fingerprint density at radius 3 is 2.56 bits per heavy atom. The van der Waals surface area contributed by atoms with Gasteiger partial charge >= 0.3 is 11.9 Å². The van der Waals surface area contributed by atoms with Gasteiger partial charge in [0.05, 0.1) is 11.3 Å². The molecule has 0 amide bonds. The van der Waals surface area contributed by atoms with E-state index in [0.717, 1.165) is 0 Å². The molecule has 1 aromatic heterocycles. The van der Waals surface area contributed by atoms with Crippen LogP contribution in [0.1, 0.15) is 12.1 Å². The predicted octanol–water partition coefficient (Wildman–Crippen LogP) is 1.64. The highest BCUT2D eigenvalue weighted by Crippen LogP contribution is 2.26. The summed E-state index contributed by atoms with van der Waals surface area (Å²) in [6.45, 7) is 0.797. The molecule has 0 aliphatic heterocycles. The van der Waals surface area contributed by atoms with Crippen molar-refractivity contribution in [3.05, 3.63) is 15.8 Å². The number of aryl methyl sites for hydroxylation is 1. The van der Waals surface area contributed by atoms with Crippen LogP contribution in [0.3, 0.4) is 0 Å². The molecule has 7 nitrogen and oxygen atoms in total. The molecule has 100 valence electrons. The number of nitrogens with one attached hydrogen (secondary N) is 1. The lowest BCUT2D eigenvalue weighted by Gasteiger charge is -2.09. The van der Waals surface area contributed by atoms with Crippen molar-refractivity contribution in [1.82, 2.24) is 9.97 Å². The summed E-state index contributed by atoms with van der Waals surface area (Å²) in [5.41, 5.74) is 4.79. The molecular formula is C8H10F3N5O2. The molecule has 1 rings (SSSR count). The first kappa shape index (κ1) is 13.9. The minimum Gasteiger partial charge on any atom is -0.368 e. The highest BCUT2D eigenvalue weighted by Gasteiger charge is 2.27. The SMILES string of the molecule is Cc1nc(N)nc(NCCC(F)(F)F)c1[N+](=O)[O-]. The van der Waals surface area contributed by atoms with Crippen molar-refractivity contribution < 1.29 is 18.1 Å². The van der Waals surface area contributed by atoms with Crippen LogP contribution >= 0.6 is 0 Å². The average molecular weight is 265 g/mol. The van der Waals surface area contributed by atoms with Crippen molar-refractivity contribution in [3.63, 3.8) is 0 Å². The third-order valence-corrected chi connectivity index (χ3v) is 1.96. The molecule has 3 N–H and O–H groups in total. The van der Waals surface area contributed by atoms with Crippen molar-refractivity contribution in [2.75, 3.05) is 17.6 Å². The summed E-state index contributed by atoms with van der Waals surface area (Å²) >= 11 is 0. The van der Waals surface area contributed by atoms with Crippen molar-refractivity contribution in [1.29, 1.82) is 0 Å². The van der Waals surface area contributed by atoms with Gasteiger partial charge in [0.2, 0.25) is 11.8 Å². The molecular weight excluding hydrogens is 255 g/mol. The highest BCUT2D eigenvalue weighted by atomic mass is 19.4. The third-order valence-electron chi connectivity index (χ3n) is 1.96. The van der Waals surface area contributed by atoms with Crippen molar-refractivity contribution in [2.24, 2.45) is 0 Å². The lowest BCUT2D eigenvalue weighted by molar-refractivity contribution is -0.385. The van der Waals surface area contributed by atoms with E-state index in [1.807, 2.05) is 0 Å². The zero-order valence-electron chi connectivity index (χ0n) is 9.28. The zero-order chi connectivity index (χ0) is 13.9. The molecule has 0 aromatic carbocycles. The van der Waals surface area contributed by atoms with Gasteiger partial charge in [0, 0.05) is 6.54 Å². The van der Waals surface area contributed by atoms with Gasteiger partial charge < -0.3 is 11.1 Å². The molecule has 1 heterocycles. The molecule has 0 fully saturated rings. The third kappa shape index (κ3) is 3.71. The maximum atomic E-state index is 11.9. The van der Waals surface area contributed by atoms with Crippen LogP contribution in [0, 0.1) is 17.0 Å². The average Bonchev–Trinajstić information content (AvgIpc) is 2.13. The van der Waals surface area contributed by atoms with Crippen molar-refractivity contribution in [2.45, 2.75) is 19.5 Å². The Morgan fingerprint density at radius 2 is 2.06 bits per heavy atom. The summed E-state index contributed by atoms with van der Waals surface area (Å²) in [6, 6.07) is 0. The van der Waals surface area contributed by atoms with Gasteiger partial charge in [-0.3, -0.25) is 10.1 Å². The maximum Gasteiger partial charge on any atom is 0.390 e. The van der Waals surface area contributed by atoms with Crippen LogP contribution in [0.5, 0.6) is 0 Å². The molecule has 10 heteroatoms. The molecule has 0 spiro atoms. The van der Waals surface area contributed by atoms with Gasteiger partial charge in [-0.25, -0.2) is 4.98 Å². The Hall–Kier alpha value is -2.13. The Kier molecular flexibility index (Phi) is 3.89. The van der Waals surface area contributed by atoms with Gasteiger partial charge in [0.1, 0.15) is 5.69 Å². The summed E-state index contributed by atoms with van der Waals surface area (Å²) in [4.78, 5) is 17.1. The quantitative estimate of drug-likeness (QED) is 0.633. The second-order valence-corrected chi connectivity index (χ2v) is 3.41. The molecule has 0 aliphatic carbocycles. The van der Waals surface area contributed by atoms with Gasteiger partial charge in [-0.05, 0) is 6.92 Å². The van der Waals surface area contributed by atoms with E-state index in [-0.39, 0.29) is 17.5 Å². The fourth-order valence-corrected chi connectivity index (χ4v) is 1.25. The van der Waals surface area contributed by atoms with Gasteiger partial charge in [0.25, 0.3) is 0 Å². The first-order chi connectivity index (χ1) is 8.20. The molecule has 0 aliphatic rings. The standard InChI is InChI=1S/C8H10F3N5O2/c1-4-5(16(17)18)6(15-7(12)14-4)13-3-2-8(9,10)11/h2-3H2,1H3,(H3,12,13,14,15). The minimum absolute atomic E-state index is 0.0120. The second kappa shape index (κ2) is 5.02. The summed E-state index contributed by atoms with van der Waals surface area (Å²) in [5, 5.41) is 13.0. The number of halogens is 3. The number of hydrogen-bond donors (Lipinski definition) is 2. The van der Waals surface area contributed by atoms with Crippen molar-refractivity contribution in [3.8, 4) is 0 Å². The van der Waals surface area contributed by atoms with Crippen LogP contribution in [0.15, 0.2) is 0 Å². The Morgan fingerprint density at radius 1 is 1.44 bits per heavy atom. The minimum atomic E-state index is -4.35. The fraction of sp³-hybridized carbons (Fsp3) is 0.500. The first-order valence-electron chi connectivity index (χ1n) is 4.80. The number of aromatic nitrogens is 2. The molecule has 0 saturated carbocycles. The molecule has 0 bridgehead atoms. The largest absolute Gasteiger partial charge is 0.390 e. The smallest absolute Gasteiger partial charge is 0.368 e. The molecule has 0 radical (unpaired) electrons. The Bertz CT molecular complexity index is 463. The first-order valence-corrected chi connectivity index (χ1v) is 4.80. The number of nitrogen functional groups attached to an aromatic ring is 1. The lowest BCUT2D eigenvalue weighted by Crippen LogP contribution is -2.16. The lowest BCUT2D eigenvalue weighted by atomic mass is 10.3. The number of nitrogens with zero attached hydrogens (tertiary/aromatic N) is 3. The molecule has 1 aromatic rings. The van der Waals surface area contributed by atoms with Crippen molar-refractivity contribution >= 4 is 17.5 Å². The van der Waals surface area contributed by atoms with E-state index in [0.29, 0.717) is 0 Å². The van der Waals surface area contributed by atoms with E-state index in [1.165, 1.54) is 6.92 Å². The van der Waals surface area contributed by atoms with Gasteiger partial charge in [-0.2, -0.15) is 18.2 Å². The number of nitro groups is 1. The number of alkyl halides is 3. The summed E-state index contributed by atoms with van der Waals surface area (Å²) < 4.78 is 35.8. The molecule has 0 atom stereocenters. The summed E-state index contributed by atoms with van der Waals surface area (Å²) in [6.07, 6.45) is -5.48. The van der Waals surface area contributed by atoms with E-state index in [1.54, 1.807) is 0 Å². The van der Waals surface area contributed by atoms with Crippen LogP contribution < -0.4 is 11.1 Å². The van der Waals surface area contributed by atoms with Crippen LogP contribution in [-0.4, -0.2) is 27.6 Å². The normalized spacial score (nSPS) is 11.3. The Balaban J connectivity index is 2.90. The van der Waals surface area contributed by atoms with Crippen LogP contribution in [0.4, 0.5) is 30.6 Å². The number of nitrogens with two attached hydrogens (primary N) is 1. The topological polar surface area (TPSA) is 107 Å². The summed E-state index contributed by atoms with van der Waals surface area (Å²) in [7, 11) is 0. The Labute approximate surface area is 99.4 Å². The van der Waals surface area contributed by atoms with E-state index in [9.17, 15) is 23.3 Å². The number of rotatable bonds is 4. The molecule has 18 heavy (non-hydrogen) atoms. The maximum absolute atomic E-state index is 11.9. The van der Waals surface area contributed by atoms with Crippen LogP contribution in [0.2, 0.25) is 0 Å². The van der Waals surface area contributed by atoms with Gasteiger partial charge in [-0.15, -0.1) is 0 Å². The van der Waals surface area contributed by atoms with E-state index in [4.69, 9.17) is 5.73 Å². The second-order valence-electron chi connectivity index (χ2n) is 3.41. The van der Waals surface area contributed by atoms with E-state index in [2.05, 4.69) is 15.3 Å². The van der Waals surface area contributed by atoms with Crippen LogP contribution in [0.25, 0.3) is 0 Å². The predicted molar refractivity (Wildman–Crippen MR) is 57.0 cm³/mol. The van der Waals surface area contributed by atoms with Crippen LogP contribution in [-0.2, 0) is 0 Å². The van der Waals surface area contributed by atoms with Gasteiger partial charge in [-0.1, -0.05) is 0 Å². The monoisotopic (exact) mass is 265 g/mol. The highest BCUT2D eigenvalue weighted by molar-refractivity contribution is 5.60. The number of hydrogen-bond acceptors (Lipinski definition) is 6. The molecule has 0 saturated heterocycles. The summed E-state index contributed by atoms with van der Waals surface area (Å²) in [5.74, 6) is -0.554. The fourth-order valence-electron chi connectivity index (χ4n) is 1.25. The van der Waals surface area contributed by atoms with E-state index < -0.39 is 29.8 Å². The zero-order valence-corrected chi connectivity index (χ0v) is 9.28. The van der Waals surface area contributed by atoms with Gasteiger partial charge in [0.15, 0.2) is 0 Å². The molecule has 0 unspecified atom stereocenters. The number of anilines is 2.